The summed E-state index contributed by atoms with van der Waals surface area (Å²) in [5, 5.41) is 8.45. The van der Waals surface area contributed by atoms with E-state index in [4.69, 9.17) is 11.6 Å². The van der Waals surface area contributed by atoms with Crippen LogP contribution in [0.15, 0.2) is 12.1 Å². The number of thiophene rings is 1. The van der Waals surface area contributed by atoms with Gasteiger partial charge in [0.1, 0.15) is 0 Å². The van der Waals surface area contributed by atoms with E-state index in [-0.39, 0.29) is 0 Å². The van der Waals surface area contributed by atoms with E-state index in [1.54, 1.807) is 0 Å². The minimum atomic E-state index is 0.743. The van der Waals surface area contributed by atoms with E-state index in [2.05, 4.69) is 29.5 Å². The summed E-state index contributed by atoms with van der Waals surface area (Å²) in [7, 11) is 1.92. The van der Waals surface area contributed by atoms with Gasteiger partial charge in [0.15, 0.2) is 0 Å². The van der Waals surface area contributed by atoms with E-state index in [1.165, 1.54) is 9.75 Å². The fourth-order valence-electron chi connectivity index (χ4n) is 1.76. The molecule has 0 atom stereocenters. The van der Waals surface area contributed by atoms with Crippen LogP contribution in [0.3, 0.4) is 0 Å². The minimum Gasteiger partial charge on any atom is -0.306 e. The zero-order chi connectivity index (χ0) is 12.4. The van der Waals surface area contributed by atoms with Crippen LogP contribution in [-0.2, 0) is 20.1 Å². The van der Waals surface area contributed by atoms with Crippen molar-refractivity contribution in [2.24, 2.45) is 7.05 Å². The third-order valence-corrected chi connectivity index (χ3v) is 4.14. The van der Waals surface area contributed by atoms with Gasteiger partial charge < -0.3 is 5.32 Å². The first-order valence-electron chi connectivity index (χ1n) is 5.52. The molecule has 0 saturated carbocycles. The van der Waals surface area contributed by atoms with Crippen LogP contribution in [0.25, 0.3) is 0 Å². The number of nitrogens with one attached hydrogen (secondary N) is 1. The van der Waals surface area contributed by atoms with Gasteiger partial charge >= 0.3 is 0 Å². The van der Waals surface area contributed by atoms with E-state index in [0.29, 0.717) is 0 Å². The number of hydrogen-bond acceptors (Lipinski definition) is 3. The molecule has 0 fully saturated rings. The summed E-state index contributed by atoms with van der Waals surface area (Å²) < 4.78 is 1.84. The van der Waals surface area contributed by atoms with Crippen LogP contribution >= 0.6 is 22.9 Å². The summed E-state index contributed by atoms with van der Waals surface area (Å²) in [4.78, 5) is 2.69. The quantitative estimate of drug-likeness (QED) is 0.925. The average molecular weight is 270 g/mol. The van der Waals surface area contributed by atoms with Gasteiger partial charge in [-0.3, -0.25) is 4.68 Å². The Labute approximate surface area is 110 Å². The van der Waals surface area contributed by atoms with Gasteiger partial charge in [-0.05, 0) is 26.0 Å². The SMILES string of the molecule is Cc1ccc(CNCc2c(Cl)c(C)nn2C)s1. The monoisotopic (exact) mass is 269 g/mol. The molecule has 5 heteroatoms. The minimum absolute atomic E-state index is 0.743. The molecule has 0 aliphatic rings. The molecule has 0 saturated heterocycles. The summed E-state index contributed by atoms with van der Waals surface area (Å²) in [6.07, 6.45) is 0. The molecule has 92 valence electrons. The highest BCUT2D eigenvalue weighted by molar-refractivity contribution is 7.11. The van der Waals surface area contributed by atoms with Crippen molar-refractivity contribution in [3.8, 4) is 0 Å². The lowest BCUT2D eigenvalue weighted by molar-refractivity contribution is 0.628. The second kappa shape index (κ2) is 5.21. The van der Waals surface area contributed by atoms with Gasteiger partial charge in [0.05, 0.1) is 16.4 Å². The molecule has 0 amide bonds. The van der Waals surface area contributed by atoms with E-state index in [0.717, 1.165) is 29.5 Å². The topological polar surface area (TPSA) is 29.9 Å². The largest absolute Gasteiger partial charge is 0.306 e. The molecule has 0 aliphatic carbocycles. The molecular formula is C12H16ClN3S. The normalized spacial score (nSPS) is 11.1. The molecule has 0 aliphatic heterocycles. The van der Waals surface area contributed by atoms with Crippen LogP contribution in [0.4, 0.5) is 0 Å². The maximum atomic E-state index is 6.18. The van der Waals surface area contributed by atoms with Crippen LogP contribution in [0.2, 0.25) is 5.02 Å². The summed E-state index contributed by atoms with van der Waals surface area (Å²) in [6, 6.07) is 4.30. The number of hydrogen-bond donors (Lipinski definition) is 1. The van der Waals surface area contributed by atoms with Gasteiger partial charge in [0.25, 0.3) is 0 Å². The molecule has 17 heavy (non-hydrogen) atoms. The molecular weight excluding hydrogens is 254 g/mol. The first-order chi connectivity index (χ1) is 8.08. The Morgan fingerprint density at radius 1 is 1.35 bits per heavy atom. The highest BCUT2D eigenvalue weighted by Crippen LogP contribution is 2.19. The summed E-state index contributed by atoms with van der Waals surface area (Å²) >= 11 is 8.00. The Kier molecular flexibility index (Phi) is 3.86. The van der Waals surface area contributed by atoms with Gasteiger partial charge in [-0.25, -0.2) is 0 Å². The molecule has 2 heterocycles. The highest BCUT2D eigenvalue weighted by Gasteiger charge is 2.10. The van der Waals surface area contributed by atoms with Gasteiger partial charge in [-0.15, -0.1) is 11.3 Å². The number of rotatable bonds is 4. The average Bonchev–Trinajstić information content (AvgIpc) is 2.78. The van der Waals surface area contributed by atoms with E-state index in [9.17, 15) is 0 Å². The van der Waals surface area contributed by atoms with Crippen LogP contribution < -0.4 is 5.32 Å². The van der Waals surface area contributed by atoms with Crippen LogP contribution in [0.1, 0.15) is 21.1 Å². The van der Waals surface area contributed by atoms with Crippen molar-refractivity contribution in [3.05, 3.63) is 38.3 Å². The smallest absolute Gasteiger partial charge is 0.0860 e. The molecule has 3 nitrogen and oxygen atoms in total. The summed E-state index contributed by atoms with van der Waals surface area (Å²) in [6.45, 7) is 5.66. The van der Waals surface area contributed by atoms with Gasteiger partial charge in [0.2, 0.25) is 0 Å². The Bertz CT molecular complexity index is 516. The number of nitrogens with zero attached hydrogens (tertiary/aromatic N) is 2. The molecule has 1 N–H and O–H groups in total. The van der Waals surface area contributed by atoms with Crippen LogP contribution in [0, 0.1) is 13.8 Å². The summed E-state index contributed by atoms with van der Waals surface area (Å²) in [5.41, 5.74) is 1.93. The third-order valence-electron chi connectivity index (χ3n) is 2.65. The second-order valence-corrected chi connectivity index (χ2v) is 5.84. The lowest BCUT2D eigenvalue weighted by Crippen LogP contribution is -2.14. The fraction of sp³-hybridized carbons (Fsp3) is 0.417. The Balaban J connectivity index is 1.94. The zero-order valence-corrected chi connectivity index (χ0v) is 11.8. The maximum Gasteiger partial charge on any atom is 0.0860 e. The number of aromatic nitrogens is 2. The predicted molar refractivity (Wildman–Crippen MR) is 72.6 cm³/mol. The number of halogens is 1. The van der Waals surface area contributed by atoms with E-state index >= 15 is 0 Å². The van der Waals surface area contributed by atoms with Crippen LogP contribution in [-0.4, -0.2) is 9.78 Å². The van der Waals surface area contributed by atoms with E-state index in [1.807, 2.05) is 30.0 Å². The van der Waals surface area contributed by atoms with E-state index < -0.39 is 0 Å². The van der Waals surface area contributed by atoms with Crippen molar-refractivity contribution >= 4 is 22.9 Å². The lowest BCUT2D eigenvalue weighted by atomic mass is 10.3. The summed E-state index contributed by atoms with van der Waals surface area (Å²) in [5.74, 6) is 0. The second-order valence-electron chi connectivity index (χ2n) is 4.09. The predicted octanol–water partition coefficient (Wildman–Crippen LogP) is 3.04. The molecule has 0 unspecified atom stereocenters. The van der Waals surface area contributed by atoms with Gasteiger partial charge in [-0.2, -0.15) is 5.10 Å². The highest BCUT2D eigenvalue weighted by atomic mass is 35.5. The van der Waals surface area contributed by atoms with Gasteiger partial charge in [-0.1, -0.05) is 11.6 Å². The molecule has 0 aromatic carbocycles. The Morgan fingerprint density at radius 2 is 2.12 bits per heavy atom. The number of aryl methyl sites for hydroxylation is 3. The standard InChI is InChI=1S/C12H16ClN3S/c1-8-4-5-10(17-8)6-14-7-11-12(13)9(2)15-16(11)3/h4-5,14H,6-7H2,1-3H3. The Hall–Kier alpha value is -0.840. The first-order valence-corrected chi connectivity index (χ1v) is 6.71. The van der Waals surface area contributed by atoms with Crippen molar-refractivity contribution in [1.82, 2.24) is 15.1 Å². The first kappa shape index (κ1) is 12.6. The molecule has 2 aromatic rings. The van der Waals surface area contributed by atoms with Crippen molar-refractivity contribution in [3.63, 3.8) is 0 Å². The molecule has 0 radical (unpaired) electrons. The molecule has 2 aromatic heterocycles. The van der Waals surface area contributed by atoms with Crippen molar-refractivity contribution in [1.29, 1.82) is 0 Å². The van der Waals surface area contributed by atoms with Gasteiger partial charge in [0, 0.05) is 29.9 Å². The zero-order valence-electron chi connectivity index (χ0n) is 10.2. The van der Waals surface area contributed by atoms with Crippen LogP contribution in [0.5, 0.6) is 0 Å². The lowest BCUT2D eigenvalue weighted by Gasteiger charge is -2.04. The Morgan fingerprint density at radius 3 is 2.65 bits per heavy atom. The fourth-order valence-corrected chi connectivity index (χ4v) is 2.84. The molecule has 0 bridgehead atoms. The molecule has 2 rings (SSSR count). The maximum absolute atomic E-state index is 6.18. The third kappa shape index (κ3) is 2.89. The molecule has 0 spiro atoms. The van der Waals surface area contributed by atoms with Crippen molar-refractivity contribution in [2.45, 2.75) is 26.9 Å². The van der Waals surface area contributed by atoms with Crippen molar-refractivity contribution in [2.75, 3.05) is 0 Å². The van der Waals surface area contributed by atoms with Crippen molar-refractivity contribution < 1.29 is 0 Å².